The van der Waals surface area contributed by atoms with Crippen molar-refractivity contribution in [1.29, 1.82) is 10.5 Å². The minimum Gasteiger partial charge on any atom is -0.497 e. The molecule has 2 N–H and O–H groups in total. The number of nitrogens with two attached hydrogens (primary N) is 1. The van der Waals surface area contributed by atoms with Gasteiger partial charge in [-0.2, -0.15) is 10.5 Å². The third-order valence-electron chi connectivity index (χ3n) is 4.48. The summed E-state index contributed by atoms with van der Waals surface area (Å²) in [4.78, 5) is 29.4. The Hall–Kier alpha value is -3.85. The summed E-state index contributed by atoms with van der Waals surface area (Å²) in [5.41, 5.74) is 6.69. The summed E-state index contributed by atoms with van der Waals surface area (Å²) in [6.07, 6.45) is 0. The number of methoxy groups -OCH3 is 1. The molecule has 0 saturated carbocycles. The maximum absolute atomic E-state index is 12.9. The lowest BCUT2D eigenvalue weighted by molar-refractivity contribution is -0.146. The highest BCUT2D eigenvalue weighted by Gasteiger charge is 2.43. The largest absolute Gasteiger partial charge is 0.497 e. The van der Waals surface area contributed by atoms with Gasteiger partial charge in [0, 0.05) is 0 Å². The van der Waals surface area contributed by atoms with Gasteiger partial charge in [0.05, 0.1) is 38.0 Å². The number of esters is 2. The lowest BCUT2D eigenvalue weighted by Gasteiger charge is -2.29. The molecule has 0 bridgehead atoms. The molecule has 2 rings (SSSR count). The molecule has 9 nitrogen and oxygen atoms in total. The summed E-state index contributed by atoms with van der Waals surface area (Å²) in [5.74, 6) is -3.65. The van der Waals surface area contributed by atoms with E-state index < -0.39 is 29.8 Å². The molecule has 0 amide bonds. The summed E-state index contributed by atoms with van der Waals surface area (Å²) in [6.45, 7) is 3.32. The second-order valence-corrected chi connectivity index (χ2v) is 6.20. The number of dihydropyridines is 1. The average molecular weight is 410 g/mol. The second kappa shape index (κ2) is 10.1. The normalized spacial score (nSPS) is 19.0. The lowest BCUT2D eigenvalue weighted by atomic mass is 9.79. The van der Waals surface area contributed by atoms with Crippen molar-refractivity contribution in [2.24, 2.45) is 22.6 Å². The Bertz CT molecular complexity index is 953. The van der Waals surface area contributed by atoms with Crippen LogP contribution in [0.1, 0.15) is 19.4 Å². The maximum Gasteiger partial charge on any atom is 0.336 e. The number of benzene rings is 1. The van der Waals surface area contributed by atoms with Crippen molar-refractivity contribution in [3.8, 4) is 17.9 Å². The standard InChI is InChI=1S/C21H22N4O5/c1-4-29-20(26)15(11-23)18-17(21(27)30-5-2)16(14(10-22)19(24)25-18)12-6-8-13(28-3)9-7-12/h6-9,14-15,18H,4-5H2,1-3H3,(H2,24,25). The molecule has 1 heterocycles. The monoisotopic (exact) mass is 410 g/mol. The van der Waals surface area contributed by atoms with E-state index in [4.69, 9.17) is 19.9 Å². The van der Waals surface area contributed by atoms with Crippen LogP contribution in [0.25, 0.3) is 5.57 Å². The van der Waals surface area contributed by atoms with E-state index in [-0.39, 0.29) is 30.2 Å². The van der Waals surface area contributed by atoms with Crippen LogP contribution in [0.15, 0.2) is 34.8 Å². The van der Waals surface area contributed by atoms with Crippen molar-refractivity contribution in [1.82, 2.24) is 0 Å². The minimum absolute atomic E-state index is 0.0491. The van der Waals surface area contributed by atoms with Crippen LogP contribution in [-0.2, 0) is 19.1 Å². The highest BCUT2D eigenvalue weighted by atomic mass is 16.5. The molecule has 0 aliphatic carbocycles. The first-order valence-electron chi connectivity index (χ1n) is 9.27. The molecule has 1 aromatic rings. The first-order valence-corrected chi connectivity index (χ1v) is 9.27. The van der Waals surface area contributed by atoms with Crippen molar-refractivity contribution in [3.05, 3.63) is 35.4 Å². The van der Waals surface area contributed by atoms with Crippen molar-refractivity contribution >= 4 is 23.3 Å². The first kappa shape index (κ1) is 22.4. The quantitative estimate of drug-likeness (QED) is 0.666. The summed E-state index contributed by atoms with van der Waals surface area (Å²) in [7, 11) is 1.51. The smallest absolute Gasteiger partial charge is 0.336 e. The van der Waals surface area contributed by atoms with Crippen molar-refractivity contribution in [2.45, 2.75) is 19.9 Å². The molecule has 0 radical (unpaired) electrons. The van der Waals surface area contributed by atoms with Crippen LogP contribution in [0.5, 0.6) is 5.75 Å². The first-order chi connectivity index (χ1) is 14.4. The number of rotatable bonds is 7. The fourth-order valence-electron chi connectivity index (χ4n) is 3.15. The van der Waals surface area contributed by atoms with Gasteiger partial charge in [0.15, 0.2) is 5.92 Å². The summed E-state index contributed by atoms with van der Waals surface area (Å²) >= 11 is 0. The minimum atomic E-state index is -1.43. The second-order valence-electron chi connectivity index (χ2n) is 6.20. The molecule has 0 aromatic heterocycles. The fraction of sp³-hybridized carbons (Fsp3) is 0.381. The summed E-state index contributed by atoms with van der Waals surface area (Å²) < 4.78 is 15.3. The Balaban J connectivity index is 2.77. The van der Waals surface area contributed by atoms with E-state index in [0.29, 0.717) is 11.3 Å². The molecule has 1 aliphatic rings. The highest BCUT2D eigenvalue weighted by molar-refractivity contribution is 6.09. The molecular weight excluding hydrogens is 388 g/mol. The van der Waals surface area contributed by atoms with Gasteiger partial charge < -0.3 is 19.9 Å². The highest BCUT2D eigenvalue weighted by Crippen LogP contribution is 2.37. The summed E-state index contributed by atoms with van der Waals surface area (Å²) in [6, 6.07) is 9.23. The molecular formula is C21H22N4O5. The molecule has 30 heavy (non-hydrogen) atoms. The van der Waals surface area contributed by atoms with Crippen LogP contribution in [0, 0.1) is 34.5 Å². The fourth-order valence-corrected chi connectivity index (χ4v) is 3.15. The van der Waals surface area contributed by atoms with E-state index >= 15 is 0 Å². The van der Waals surface area contributed by atoms with Gasteiger partial charge in [0.2, 0.25) is 0 Å². The van der Waals surface area contributed by atoms with Gasteiger partial charge in [-0.15, -0.1) is 0 Å². The van der Waals surface area contributed by atoms with Crippen molar-refractivity contribution in [3.63, 3.8) is 0 Å². The number of carbonyl (C=O) groups is 2. The number of nitriles is 2. The topological polar surface area (TPSA) is 148 Å². The Kier molecular flexibility index (Phi) is 7.54. The van der Waals surface area contributed by atoms with Crippen LogP contribution in [-0.4, -0.2) is 44.1 Å². The molecule has 0 spiro atoms. The van der Waals surface area contributed by atoms with E-state index in [0.717, 1.165) is 0 Å². The third-order valence-corrected chi connectivity index (χ3v) is 4.48. The number of amidine groups is 1. The molecule has 1 aromatic carbocycles. The Morgan fingerprint density at radius 1 is 1.17 bits per heavy atom. The zero-order valence-corrected chi connectivity index (χ0v) is 16.9. The van der Waals surface area contributed by atoms with Crippen molar-refractivity contribution < 1.29 is 23.8 Å². The molecule has 9 heteroatoms. The van der Waals surface area contributed by atoms with Crippen LogP contribution < -0.4 is 10.5 Å². The predicted octanol–water partition coefficient (Wildman–Crippen LogP) is 1.59. The molecule has 3 atom stereocenters. The average Bonchev–Trinajstić information content (AvgIpc) is 2.74. The number of hydrogen-bond donors (Lipinski definition) is 1. The number of aliphatic imine (C=N–C) groups is 1. The van der Waals surface area contributed by atoms with Gasteiger partial charge >= 0.3 is 11.9 Å². The van der Waals surface area contributed by atoms with Gasteiger partial charge in [-0.3, -0.25) is 9.79 Å². The number of carbonyl (C=O) groups excluding carboxylic acids is 2. The number of nitrogens with zero attached hydrogens (tertiary/aromatic N) is 3. The molecule has 3 unspecified atom stereocenters. The Morgan fingerprint density at radius 3 is 2.30 bits per heavy atom. The van der Waals surface area contributed by atoms with Crippen LogP contribution in [0.2, 0.25) is 0 Å². The van der Waals surface area contributed by atoms with Gasteiger partial charge in [0.25, 0.3) is 0 Å². The van der Waals surface area contributed by atoms with Crippen LogP contribution >= 0.6 is 0 Å². The molecule has 1 aliphatic heterocycles. The van der Waals surface area contributed by atoms with E-state index in [9.17, 15) is 20.1 Å². The summed E-state index contributed by atoms with van der Waals surface area (Å²) in [5, 5.41) is 19.3. The van der Waals surface area contributed by atoms with E-state index in [2.05, 4.69) is 4.99 Å². The number of ether oxygens (including phenoxy) is 3. The maximum atomic E-state index is 12.9. The zero-order valence-electron chi connectivity index (χ0n) is 16.9. The van der Waals surface area contributed by atoms with Gasteiger partial charge in [-0.1, -0.05) is 12.1 Å². The van der Waals surface area contributed by atoms with E-state index in [1.807, 2.05) is 12.1 Å². The Labute approximate surface area is 174 Å². The predicted molar refractivity (Wildman–Crippen MR) is 107 cm³/mol. The van der Waals surface area contributed by atoms with Gasteiger partial charge in [0.1, 0.15) is 23.5 Å². The van der Waals surface area contributed by atoms with Gasteiger partial charge in [-0.25, -0.2) is 4.79 Å². The molecule has 0 saturated heterocycles. The zero-order chi connectivity index (χ0) is 22.3. The van der Waals surface area contributed by atoms with Gasteiger partial charge in [-0.05, 0) is 37.1 Å². The van der Waals surface area contributed by atoms with E-state index in [1.165, 1.54) is 7.11 Å². The Morgan fingerprint density at radius 2 is 1.80 bits per heavy atom. The van der Waals surface area contributed by atoms with Crippen LogP contribution in [0.3, 0.4) is 0 Å². The lowest BCUT2D eigenvalue weighted by Crippen LogP contribution is -2.40. The van der Waals surface area contributed by atoms with E-state index in [1.54, 1.807) is 38.1 Å². The number of hydrogen-bond acceptors (Lipinski definition) is 9. The molecule has 156 valence electrons. The van der Waals surface area contributed by atoms with Crippen LogP contribution in [0.4, 0.5) is 0 Å². The van der Waals surface area contributed by atoms with Crippen molar-refractivity contribution in [2.75, 3.05) is 20.3 Å². The molecule has 0 fully saturated rings. The SMILES string of the molecule is CCOC(=O)C1=C(c2ccc(OC)cc2)C(C#N)C(N)=NC1C(C#N)C(=O)OCC. The third kappa shape index (κ3) is 4.41.